The van der Waals surface area contributed by atoms with Crippen LogP contribution in [0, 0.1) is 5.82 Å². The molecule has 3 nitrogen and oxygen atoms in total. The Balaban J connectivity index is 2.13. The molecule has 0 spiro atoms. The number of benzene rings is 1. The SMILES string of the molecule is CNCc1cc(F)cnc1OCc1ccccc1Cl. The van der Waals surface area contributed by atoms with E-state index in [0.717, 1.165) is 11.8 Å². The van der Waals surface area contributed by atoms with Crippen molar-refractivity contribution in [2.45, 2.75) is 13.2 Å². The summed E-state index contributed by atoms with van der Waals surface area (Å²) in [7, 11) is 1.78. The molecule has 0 radical (unpaired) electrons. The molecule has 1 heterocycles. The quantitative estimate of drug-likeness (QED) is 0.913. The Hall–Kier alpha value is -1.65. The van der Waals surface area contributed by atoms with E-state index in [9.17, 15) is 4.39 Å². The number of nitrogens with one attached hydrogen (secondary N) is 1. The summed E-state index contributed by atoms with van der Waals surface area (Å²) < 4.78 is 18.7. The number of halogens is 2. The molecule has 0 aliphatic rings. The molecular formula is C14H14ClFN2O. The minimum Gasteiger partial charge on any atom is -0.473 e. The fraction of sp³-hybridized carbons (Fsp3) is 0.214. The molecule has 0 atom stereocenters. The van der Waals surface area contributed by atoms with Crippen LogP contribution in [0.5, 0.6) is 5.88 Å². The van der Waals surface area contributed by atoms with E-state index in [0.29, 0.717) is 29.6 Å². The van der Waals surface area contributed by atoms with Crippen LogP contribution in [0.25, 0.3) is 0 Å². The van der Waals surface area contributed by atoms with E-state index in [2.05, 4.69) is 10.3 Å². The Labute approximate surface area is 116 Å². The zero-order valence-electron chi connectivity index (χ0n) is 10.5. The van der Waals surface area contributed by atoms with Gasteiger partial charge in [0.05, 0.1) is 6.20 Å². The van der Waals surface area contributed by atoms with Crippen molar-refractivity contribution in [3.63, 3.8) is 0 Å². The second-order valence-corrected chi connectivity index (χ2v) is 4.44. The molecule has 0 amide bonds. The molecule has 0 saturated carbocycles. The molecule has 0 aliphatic heterocycles. The summed E-state index contributed by atoms with van der Waals surface area (Å²) >= 11 is 6.04. The van der Waals surface area contributed by atoms with Crippen LogP contribution in [0.4, 0.5) is 4.39 Å². The highest BCUT2D eigenvalue weighted by molar-refractivity contribution is 6.31. The standard InChI is InChI=1S/C14H14ClFN2O/c1-17-7-11-6-12(16)8-18-14(11)19-9-10-4-2-3-5-13(10)15/h2-6,8,17H,7,9H2,1H3. The molecule has 0 fully saturated rings. The van der Waals surface area contributed by atoms with E-state index in [-0.39, 0.29) is 5.82 Å². The molecule has 1 aromatic carbocycles. The smallest absolute Gasteiger partial charge is 0.218 e. The summed E-state index contributed by atoms with van der Waals surface area (Å²) in [5.41, 5.74) is 1.54. The number of nitrogens with zero attached hydrogens (tertiary/aromatic N) is 1. The van der Waals surface area contributed by atoms with Crippen LogP contribution in [-0.4, -0.2) is 12.0 Å². The van der Waals surface area contributed by atoms with E-state index in [1.807, 2.05) is 18.2 Å². The molecule has 1 aromatic heterocycles. The second kappa shape index (κ2) is 6.50. The predicted molar refractivity (Wildman–Crippen MR) is 72.7 cm³/mol. The third kappa shape index (κ3) is 3.66. The van der Waals surface area contributed by atoms with Gasteiger partial charge in [-0.15, -0.1) is 0 Å². The first-order chi connectivity index (χ1) is 9.20. The van der Waals surface area contributed by atoms with Crippen molar-refractivity contribution in [3.8, 4) is 5.88 Å². The molecule has 0 saturated heterocycles. The average molecular weight is 281 g/mol. The summed E-state index contributed by atoms with van der Waals surface area (Å²) in [5, 5.41) is 3.59. The number of hydrogen-bond donors (Lipinski definition) is 1. The number of hydrogen-bond acceptors (Lipinski definition) is 3. The lowest BCUT2D eigenvalue weighted by Crippen LogP contribution is -2.09. The third-order valence-electron chi connectivity index (χ3n) is 2.58. The van der Waals surface area contributed by atoms with E-state index >= 15 is 0 Å². The van der Waals surface area contributed by atoms with Gasteiger partial charge in [-0.2, -0.15) is 0 Å². The van der Waals surface area contributed by atoms with E-state index in [1.54, 1.807) is 13.1 Å². The van der Waals surface area contributed by atoms with Crippen molar-refractivity contribution in [2.24, 2.45) is 0 Å². The summed E-state index contributed by atoms with van der Waals surface area (Å²) in [6.07, 6.45) is 1.14. The van der Waals surface area contributed by atoms with E-state index in [1.165, 1.54) is 6.07 Å². The monoisotopic (exact) mass is 280 g/mol. The minimum atomic E-state index is -0.379. The summed E-state index contributed by atoms with van der Waals surface area (Å²) in [6.45, 7) is 0.789. The fourth-order valence-electron chi connectivity index (χ4n) is 1.68. The normalized spacial score (nSPS) is 10.5. The fourth-order valence-corrected chi connectivity index (χ4v) is 1.87. The van der Waals surface area contributed by atoms with Gasteiger partial charge < -0.3 is 10.1 Å². The van der Waals surface area contributed by atoms with Crippen LogP contribution in [-0.2, 0) is 13.2 Å². The predicted octanol–water partition coefficient (Wildman–Crippen LogP) is 3.17. The molecule has 19 heavy (non-hydrogen) atoms. The Morgan fingerprint density at radius 2 is 2.11 bits per heavy atom. The Morgan fingerprint density at radius 3 is 2.84 bits per heavy atom. The van der Waals surface area contributed by atoms with Crippen LogP contribution >= 0.6 is 11.6 Å². The van der Waals surface area contributed by atoms with E-state index < -0.39 is 0 Å². The first-order valence-electron chi connectivity index (χ1n) is 5.86. The zero-order valence-corrected chi connectivity index (χ0v) is 11.2. The summed E-state index contributed by atoms with van der Waals surface area (Å²) in [6, 6.07) is 8.83. The topological polar surface area (TPSA) is 34.2 Å². The lowest BCUT2D eigenvalue weighted by molar-refractivity contribution is 0.289. The Kier molecular flexibility index (Phi) is 4.71. The Morgan fingerprint density at radius 1 is 1.32 bits per heavy atom. The first-order valence-corrected chi connectivity index (χ1v) is 6.23. The van der Waals surface area contributed by atoms with Crippen molar-refractivity contribution >= 4 is 11.6 Å². The zero-order chi connectivity index (χ0) is 13.7. The number of rotatable bonds is 5. The third-order valence-corrected chi connectivity index (χ3v) is 2.95. The minimum absolute atomic E-state index is 0.301. The molecule has 0 unspecified atom stereocenters. The van der Waals surface area contributed by atoms with Gasteiger partial charge in [-0.1, -0.05) is 29.8 Å². The highest BCUT2D eigenvalue weighted by Crippen LogP contribution is 2.20. The molecule has 5 heteroatoms. The molecule has 2 aromatic rings. The first kappa shape index (κ1) is 13.8. The molecule has 0 bridgehead atoms. The van der Waals surface area contributed by atoms with Gasteiger partial charge in [0.15, 0.2) is 0 Å². The van der Waals surface area contributed by atoms with Crippen molar-refractivity contribution in [2.75, 3.05) is 7.05 Å². The highest BCUT2D eigenvalue weighted by Gasteiger charge is 2.08. The van der Waals surface area contributed by atoms with Gasteiger partial charge >= 0.3 is 0 Å². The van der Waals surface area contributed by atoms with Crippen molar-refractivity contribution in [1.29, 1.82) is 0 Å². The molecule has 2 rings (SSSR count). The average Bonchev–Trinajstić information content (AvgIpc) is 2.40. The van der Waals surface area contributed by atoms with E-state index in [4.69, 9.17) is 16.3 Å². The van der Waals surface area contributed by atoms with Gasteiger partial charge in [-0.05, 0) is 19.2 Å². The van der Waals surface area contributed by atoms with Crippen LogP contribution < -0.4 is 10.1 Å². The maximum atomic E-state index is 13.1. The van der Waals surface area contributed by atoms with Crippen molar-refractivity contribution in [3.05, 3.63) is 58.5 Å². The number of aromatic nitrogens is 1. The summed E-state index contributed by atoms with van der Waals surface area (Å²) in [5.74, 6) is 0.0333. The largest absolute Gasteiger partial charge is 0.473 e. The molecule has 0 aliphatic carbocycles. The maximum absolute atomic E-state index is 13.1. The lowest BCUT2D eigenvalue weighted by atomic mass is 10.2. The van der Waals surface area contributed by atoms with Crippen LogP contribution in [0.1, 0.15) is 11.1 Å². The van der Waals surface area contributed by atoms with Gasteiger partial charge in [0.25, 0.3) is 0 Å². The van der Waals surface area contributed by atoms with Crippen molar-refractivity contribution < 1.29 is 9.13 Å². The second-order valence-electron chi connectivity index (χ2n) is 4.03. The van der Waals surface area contributed by atoms with Gasteiger partial charge in [0.2, 0.25) is 5.88 Å². The van der Waals surface area contributed by atoms with Crippen LogP contribution in [0.2, 0.25) is 5.02 Å². The highest BCUT2D eigenvalue weighted by atomic mass is 35.5. The summed E-state index contributed by atoms with van der Waals surface area (Å²) in [4.78, 5) is 3.96. The van der Waals surface area contributed by atoms with Crippen LogP contribution in [0.3, 0.4) is 0 Å². The maximum Gasteiger partial charge on any atom is 0.218 e. The molecule has 1 N–H and O–H groups in total. The Bertz CT molecular complexity index is 563. The number of pyridine rings is 1. The molecular weight excluding hydrogens is 267 g/mol. The van der Waals surface area contributed by atoms with Crippen molar-refractivity contribution in [1.82, 2.24) is 10.3 Å². The molecule has 100 valence electrons. The number of ether oxygens (including phenoxy) is 1. The van der Waals surface area contributed by atoms with Gasteiger partial charge in [-0.3, -0.25) is 0 Å². The van der Waals surface area contributed by atoms with Gasteiger partial charge in [0, 0.05) is 22.7 Å². The lowest BCUT2D eigenvalue weighted by Gasteiger charge is -2.11. The van der Waals surface area contributed by atoms with Gasteiger partial charge in [0.1, 0.15) is 12.4 Å². The van der Waals surface area contributed by atoms with Crippen LogP contribution in [0.15, 0.2) is 36.5 Å². The van der Waals surface area contributed by atoms with Gasteiger partial charge in [-0.25, -0.2) is 9.37 Å².